The molecule has 1 fully saturated rings. The van der Waals surface area contributed by atoms with Gasteiger partial charge in [0.2, 0.25) is 0 Å². The van der Waals surface area contributed by atoms with Crippen LogP contribution in [-0.2, 0) is 0 Å². The summed E-state index contributed by atoms with van der Waals surface area (Å²) in [4.78, 5) is 6.05. The maximum atomic E-state index is 14.2. The molecule has 1 aliphatic heterocycles. The van der Waals surface area contributed by atoms with Crippen LogP contribution in [0.3, 0.4) is 0 Å². The number of alkyl halides is 3. The van der Waals surface area contributed by atoms with Crippen LogP contribution < -0.4 is 10.5 Å². The van der Waals surface area contributed by atoms with Gasteiger partial charge in [-0.3, -0.25) is 9.30 Å². The number of nitrogens with two attached hydrogens (primary N) is 1. The van der Waals surface area contributed by atoms with Crippen molar-refractivity contribution in [1.29, 1.82) is 0 Å². The lowest BCUT2D eigenvalue weighted by Crippen LogP contribution is -2.43. The Hall–Kier alpha value is -3.24. The van der Waals surface area contributed by atoms with Crippen molar-refractivity contribution in [2.75, 3.05) is 20.2 Å². The lowest BCUT2D eigenvalue weighted by molar-refractivity contribution is -0.184. The van der Waals surface area contributed by atoms with Crippen LogP contribution >= 0.6 is 0 Å². The molecule has 172 valence electrons. The quantitative estimate of drug-likeness (QED) is 0.500. The van der Waals surface area contributed by atoms with Crippen LogP contribution in [-0.4, -0.2) is 56.4 Å². The Morgan fingerprint density at radius 1 is 1.12 bits per heavy atom. The molecule has 0 saturated carbocycles. The minimum Gasteiger partial charge on any atom is -0.494 e. The second-order valence-corrected chi connectivity index (χ2v) is 8.76. The van der Waals surface area contributed by atoms with Crippen molar-refractivity contribution in [3.05, 3.63) is 54.2 Å². The van der Waals surface area contributed by atoms with Crippen LogP contribution in [0.25, 0.3) is 28.1 Å². The highest BCUT2D eigenvalue weighted by atomic mass is 19.4. The van der Waals surface area contributed by atoms with E-state index >= 15 is 0 Å². The van der Waals surface area contributed by atoms with Gasteiger partial charge in [0, 0.05) is 30.2 Å². The number of pyridine rings is 2. The fourth-order valence-corrected chi connectivity index (χ4v) is 4.50. The molecule has 0 spiro atoms. The van der Waals surface area contributed by atoms with Crippen molar-refractivity contribution in [1.82, 2.24) is 24.5 Å². The zero-order chi connectivity index (χ0) is 23.4. The number of benzene rings is 1. The molecule has 4 heterocycles. The number of nitrogens with zero attached hydrogens (tertiary/aromatic N) is 5. The normalized spacial score (nSPS) is 20.5. The van der Waals surface area contributed by atoms with E-state index in [-0.39, 0.29) is 18.7 Å². The van der Waals surface area contributed by atoms with Crippen LogP contribution in [0.1, 0.15) is 24.9 Å². The van der Waals surface area contributed by atoms with Gasteiger partial charge in [0.1, 0.15) is 23.0 Å². The van der Waals surface area contributed by atoms with Gasteiger partial charge in [0.25, 0.3) is 0 Å². The minimum atomic E-state index is -4.46. The Morgan fingerprint density at radius 3 is 2.64 bits per heavy atom. The molecule has 1 aromatic carbocycles. The summed E-state index contributed by atoms with van der Waals surface area (Å²) in [5, 5.41) is 9.21. The molecule has 2 N–H and O–H groups in total. The molecular formula is C23H23F3N6O. The number of rotatable bonds is 4. The van der Waals surface area contributed by atoms with E-state index < -0.39 is 17.8 Å². The van der Waals surface area contributed by atoms with Gasteiger partial charge in [0.05, 0.1) is 7.11 Å². The zero-order valence-corrected chi connectivity index (χ0v) is 18.2. The van der Waals surface area contributed by atoms with Gasteiger partial charge in [-0.2, -0.15) is 13.2 Å². The monoisotopic (exact) mass is 456 g/mol. The molecule has 5 rings (SSSR count). The molecule has 0 amide bonds. The summed E-state index contributed by atoms with van der Waals surface area (Å²) in [6, 6.07) is 10.4. The number of aromatic nitrogens is 4. The second kappa shape index (κ2) is 7.67. The van der Waals surface area contributed by atoms with E-state index in [0.29, 0.717) is 34.9 Å². The first-order valence-electron chi connectivity index (χ1n) is 10.5. The van der Waals surface area contributed by atoms with Crippen molar-refractivity contribution in [3.63, 3.8) is 0 Å². The van der Waals surface area contributed by atoms with Gasteiger partial charge < -0.3 is 10.5 Å². The first kappa shape index (κ1) is 21.6. The summed E-state index contributed by atoms with van der Waals surface area (Å²) in [5.74, 6) is 0.950. The number of likely N-dealkylation sites (tertiary alicyclic amines) is 1. The molecule has 2 atom stereocenters. The predicted molar refractivity (Wildman–Crippen MR) is 118 cm³/mol. The second-order valence-electron chi connectivity index (χ2n) is 8.76. The van der Waals surface area contributed by atoms with Crippen LogP contribution in [0.2, 0.25) is 0 Å². The number of ether oxygens (including phenoxy) is 1. The summed E-state index contributed by atoms with van der Waals surface area (Å²) in [7, 11) is 1.56. The topological polar surface area (TPSA) is 81.6 Å². The van der Waals surface area contributed by atoms with Crippen LogP contribution in [0.15, 0.2) is 48.7 Å². The highest BCUT2D eigenvalue weighted by molar-refractivity contribution is 5.86. The average Bonchev–Trinajstić information content (AvgIpc) is 3.34. The summed E-state index contributed by atoms with van der Waals surface area (Å²) < 4.78 is 49.5. The Morgan fingerprint density at radius 2 is 1.94 bits per heavy atom. The number of hydrogen-bond donors (Lipinski definition) is 1. The predicted octanol–water partition coefficient (Wildman–Crippen LogP) is 3.98. The molecule has 0 unspecified atom stereocenters. The maximum Gasteiger partial charge on any atom is 0.408 e. The molecule has 7 nitrogen and oxygen atoms in total. The molecule has 1 aliphatic rings. The molecule has 1 saturated heterocycles. The van der Waals surface area contributed by atoms with E-state index in [1.807, 2.05) is 18.2 Å². The minimum absolute atomic E-state index is 0.104. The third-order valence-electron chi connectivity index (χ3n) is 6.08. The first-order chi connectivity index (χ1) is 15.7. The van der Waals surface area contributed by atoms with Crippen molar-refractivity contribution in [3.8, 4) is 17.3 Å². The molecule has 3 aromatic heterocycles. The third kappa shape index (κ3) is 3.89. The fraction of sp³-hybridized carbons (Fsp3) is 0.348. The third-order valence-corrected chi connectivity index (χ3v) is 6.08. The molecule has 4 aromatic rings. The smallest absolute Gasteiger partial charge is 0.408 e. The van der Waals surface area contributed by atoms with Gasteiger partial charge in [-0.15, -0.1) is 10.2 Å². The van der Waals surface area contributed by atoms with Crippen molar-refractivity contribution in [2.45, 2.75) is 31.1 Å². The average molecular weight is 456 g/mol. The SMILES string of the molecule is COc1cccc2ccc(-c3nnc4ccc([C@H](N5CC[C@](C)(N)C5)C(F)(F)F)cn34)nc12. The Bertz CT molecular complexity index is 1330. The van der Waals surface area contributed by atoms with Crippen LogP contribution in [0.4, 0.5) is 13.2 Å². The van der Waals surface area contributed by atoms with E-state index in [4.69, 9.17) is 10.5 Å². The van der Waals surface area contributed by atoms with Gasteiger partial charge in [-0.1, -0.05) is 24.3 Å². The van der Waals surface area contributed by atoms with Crippen molar-refractivity contribution >= 4 is 16.6 Å². The van der Waals surface area contributed by atoms with E-state index in [0.717, 1.165) is 5.39 Å². The Balaban J connectivity index is 1.61. The van der Waals surface area contributed by atoms with E-state index in [2.05, 4.69) is 15.2 Å². The zero-order valence-electron chi connectivity index (χ0n) is 18.2. The van der Waals surface area contributed by atoms with Gasteiger partial charge >= 0.3 is 6.18 Å². The standard InChI is InChI=1S/C23H23F3N6O/c1-22(27)10-11-31(13-22)20(23(24,25)26)15-7-9-18-29-30-21(32(18)12-15)16-8-6-14-4-3-5-17(33-2)19(14)28-16/h3-9,12,20H,10-11,13,27H2,1-2H3/t20-,22-/m0/s1. The number of methoxy groups -OCH3 is 1. The maximum absolute atomic E-state index is 14.2. The Labute approximate surface area is 188 Å². The fourth-order valence-electron chi connectivity index (χ4n) is 4.50. The highest BCUT2D eigenvalue weighted by Gasteiger charge is 2.48. The number of halogens is 3. The molecular weight excluding hydrogens is 433 g/mol. The van der Waals surface area contributed by atoms with Crippen LogP contribution in [0.5, 0.6) is 5.75 Å². The summed E-state index contributed by atoms with van der Waals surface area (Å²) in [6.07, 6.45) is -2.51. The molecule has 0 aliphatic carbocycles. The van der Waals surface area contributed by atoms with E-state index in [1.165, 1.54) is 17.2 Å². The molecule has 10 heteroatoms. The van der Waals surface area contributed by atoms with Crippen LogP contribution in [0, 0.1) is 0 Å². The lowest BCUT2D eigenvalue weighted by atomic mass is 10.0. The summed E-state index contributed by atoms with van der Waals surface area (Å²) in [5.41, 5.74) is 7.12. The van der Waals surface area contributed by atoms with Crippen molar-refractivity contribution in [2.24, 2.45) is 5.73 Å². The molecule has 0 bridgehead atoms. The lowest BCUT2D eigenvalue weighted by Gasteiger charge is -2.31. The van der Waals surface area contributed by atoms with E-state index in [9.17, 15) is 13.2 Å². The van der Waals surface area contributed by atoms with Crippen molar-refractivity contribution < 1.29 is 17.9 Å². The largest absolute Gasteiger partial charge is 0.494 e. The Kier molecular flexibility index (Phi) is 5.02. The number of hydrogen-bond acceptors (Lipinski definition) is 6. The molecule has 0 radical (unpaired) electrons. The summed E-state index contributed by atoms with van der Waals surface area (Å²) >= 11 is 0. The number of fused-ring (bicyclic) bond motifs is 2. The molecule has 33 heavy (non-hydrogen) atoms. The highest BCUT2D eigenvalue weighted by Crippen LogP contribution is 2.41. The number of para-hydroxylation sites is 1. The van der Waals surface area contributed by atoms with Gasteiger partial charge in [0.15, 0.2) is 11.5 Å². The summed E-state index contributed by atoms with van der Waals surface area (Å²) in [6.45, 7) is 2.22. The first-order valence-corrected chi connectivity index (χ1v) is 10.5. The van der Waals surface area contributed by atoms with E-state index in [1.54, 1.807) is 36.6 Å². The van der Waals surface area contributed by atoms with Gasteiger partial charge in [-0.25, -0.2) is 4.98 Å². The van der Waals surface area contributed by atoms with Gasteiger partial charge in [-0.05, 0) is 37.1 Å².